The largest absolute Gasteiger partial charge is 0.329 e. The third-order valence-electron chi connectivity index (χ3n) is 3.40. The number of nitrogens with two attached hydrogens (primary N) is 1. The molecule has 0 amide bonds. The monoisotopic (exact) mass is 294 g/mol. The topological polar surface area (TPSA) is 38.0 Å². The highest BCUT2D eigenvalue weighted by Crippen LogP contribution is 2.20. The average molecular weight is 295 g/mol. The fraction of sp³-hybridized carbons (Fsp3) is 0.538. The molecule has 0 heterocycles. The molecule has 0 saturated heterocycles. The molecule has 1 unspecified atom stereocenters. The van der Waals surface area contributed by atoms with E-state index in [0.29, 0.717) is 24.0 Å². The zero-order valence-corrected chi connectivity index (χ0v) is 12.5. The van der Waals surface area contributed by atoms with E-state index in [-0.39, 0.29) is 23.8 Å². The predicted octanol–water partition coefficient (Wildman–Crippen LogP) is 3.36. The lowest BCUT2D eigenvalue weighted by Crippen LogP contribution is -2.52. The van der Waals surface area contributed by atoms with Gasteiger partial charge >= 0.3 is 0 Å². The van der Waals surface area contributed by atoms with Crippen molar-refractivity contribution in [2.24, 2.45) is 11.7 Å². The van der Waals surface area contributed by atoms with Crippen LogP contribution in [0.5, 0.6) is 0 Å². The van der Waals surface area contributed by atoms with E-state index < -0.39 is 0 Å². The van der Waals surface area contributed by atoms with Gasteiger partial charge in [0.1, 0.15) is 5.82 Å². The number of halogens is 3. The minimum Gasteiger partial charge on any atom is -0.329 e. The van der Waals surface area contributed by atoms with Crippen LogP contribution < -0.4 is 11.1 Å². The van der Waals surface area contributed by atoms with Crippen LogP contribution in [-0.2, 0) is 6.54 Å². The maximum Gasteiger partial charge on any atom is 0.124 e. The highest BCUT2D eigenvalue weighted by Gasteiger charge is 2.25. The van der Waals surface area contributed by atoms with Crippen LogP contribution in [0.3, 0.4) is 0 Å². The average Bonchev–Trinajstić information content (AvgIpc) is 2.27. The van der Waals surface area contributed by atoms with Gasteiger partial charge in [-0.25, -0.2) is 4.39 Å². The van der Waals surface area contributed by atoms with E-state index in [1.165, 1.54) is 12.1 Å². The molecule has 18 heavy (non-hydrogen) atoms. The van der Waals surface area contributed by atoms with Gasteiger partial charge in [0.25, 0.3) is 0 Å². The second-order valence-corrected chi connectivity index (χ2v) is 5.27. The maximum absolute atomic E-state index is 12.9. The van der Waals surface area contributed by atoms with Crippen LogP contribution in [0.2, 0.25) is 5.02 Å². The number of nitrogens with one attached hydrogen (secondary N) is 1. The van der Waals surface area contributed by atoms with Gasteiger partial charge in [0.05, 0.1) is 0 Å². The van der Waals surface area contributed by atoms with Gasteiger partial charge in [0.15, 0.2) is 0 Å². The van der Waals surface area contributed by atoms with Crippen molar-refractivity contribution in [2.45, 2.75) is 32.9 Å². The zero-order chi connectivity index (χ0) is 13.1. The van der Waals surface area contributed by atoms with Crippen LogP contribution >= 0.6 is 24.0 Å². The van der Waals surface area contributed by atoms with E-state index in [4.69, 9.17) is 17.3 Å². The van der Waals surface area contributed by atoms with E-state index in [0.717, 1.165) is 5.56 Å². The molecule has 0 aliphatic carbocycles. The Hall–Kier alpha value is -0.350. The first-order valence-electron chi connectivity index (χ1n) is 5.78. The Morgan fingerprint density at radius 2 is 2.06 bits per heavy atom. The summed E-state index contributed by atoms with van der Waals surface area (Å²) in [6, 6.07) is 4.44. The Labute approximate surface area is 119 Å². The van der Waals surface area contributed by atoms with E-state index in [9.17, 15) is 4.39 Å². The third-order valence-corrected chi connectivity index (χ3v) is 3.75. The highest BCUT2D eigenvalue weighted by atomic mass is 35.5. The first-order valence-corrected chi connectivity index (χ1v) is 6.16. The van der Waals surface area contributed by atoms with Crippen LogP contribution in [0.25, 0.3) is 0 Å². The molecule has 1 atom stereocenters. The van der Waals surface area contributed by atoms with Crippen molar-refractivity contribution in [3.8, 4) is 0 Å². The molecule has 1 aromatic carbocycles. The molecule has 0 spiro atoms. The molecule has 2 nitrogen and oxygen atoms in total. The number of hydrogen-bond donors (Lipinski definition) is 2. The lowest BCUT2D eigenvalue weighted by Gasteiger charge is -2.34. The summed E-state index contributed by atoms with van der Waals surface area (Å²) in [7, 11) is 0. The molecule has 0 saturated carbocycles. The smallest absolute Gasteiger partial charge is 0.124 e. The Morgan fingerprint density at radius 3 is 2.50 bits per heavy atom. The van der Waals surface area contributed by atoms with Crippen molar-refractivity contribution < 1.29 is 4.39 Å². The van der Waals surface area contributed by atoms with Crippen LogP contribution in [0.1, 0.15) is 26.3 Å². The summed E-state index contributed by atoms with van der Waals surface area (Å²) < 4.78 is 12.9. The predicted molar refractivity (Wildman–Crippen MR) is 77.8 cm³/mol. The van der Waals surface area contributed by atoms with Crippen molar-refractivity contribution in [3.05, 3.63) is 34.6 Å². The van der Waals surface area contributed by atoms with Gasteiger partial charge in [-0.2, -0.15) is 0 Å². The lowest BCUT2D eigenvalue weighted by atomic mass is 9.88. The van der Waals surface area contributed by atoms with Gasteiger partial charge in [0, 0.05) is 23.7 Å². The van der Waals surface area contributed by atoms with Gasteiger partial charge in [-0.1, -0.05) is 31.5 Å². The fourth-order valence-corrected chi connectivity index (χ4v) is 1.71. The quantitative estimate of drug-likeness (QED) is 0.874. The number of hydrogen-bond acceptors (Lipinski definition) is 2. The van der Waals surface area contributed by atoms with Gasteiger partial charge in [0.2, 0.25) is 0 Å². The molecule has 0 aliphatic rings. The van der Waals surface area contributed by atoms with Crippen molar-refractivity contribution >= 4 is 24.0 Å². The molecule has 3 N–H and O–H groups in total. The summed E-state index contributed by atoms with van der Waals surface area (Å²) in [4.78, 5) is 0. The van der Waals surface area contributed by atoms with Crippen molar-refractivity contribution in [2.75, 3.05) is 6.54 Å². The molecule has 0 fully saturated rings. The van der Waals surface area contributed by atoms with Crippen LogP contribution in [0.4, 0.5) is 4.39 Å². The van der Waals surface area contributed by atoms with Gasteiger partial charge in [-0.05, 0) is 30.5 Å². The van der Waals surface area contributed by atoms with Gasteiger partial charge < -0.3 is 11.1 Å². The van der Waals surface area contributed by atoms with Crippen LogP contribution in [-0.4, -0.2) is 12.1 Å². The third kappa shape index (κ3) is 4.39. The van der Waals surface area contributed by atoms with Crippen molar-refractivity contribution in [1.29, 1.82) is 0 Å². The van der Waals surface area contributed by atoms with Crippen LogP contribution in [0, 0.1) is 11.7 Å². The summed E-state index contributed by atoms with van der Waals surface area (Å²) in [6.45, 7) is 7.45. The number of rotatable bonds is 5. The normalized spacial score (nSPS) is 14.2. The summed E-state index contributed by atoms with van der Waals surface area (Å²) in [5.74, 6) is 0.0934. The summed E-state index contributed by atoms with van der Waals surface area (Å²) in [6.07, 6.45) is 0. The molecular weight excluding hydrogens is 274 g/mol. The Morgan fingerprint density at radius 1 is 1.44 bits per heavy atom. The SMILES string of the molecule is CC(C)C(C)(CN)NCc1ccc(F)cc1Cl.Cl. The molecule has 0 aromatic heterocycles. The molecule has 0 aliphatic heterocycles. The minimum atomic E-state index is -0.316. The van der Waals surface area contributed by atoms with Crippen molar-refractivity contribution in [1.82, 2.24) is 5.32 Å². The summed E-state index contributed by atoms with van der Waals surface area (Å²) in [5, 5.41) is 3.83. The van der Waals surface area contributed by atoms with Crippen LogP contribution in [0.15, 0.2) is 18.2 Å². The number of benzene rings is 1. The second kappa shape index (κ2) is 7.29. The van der Waals surface area contributed by atoms with Gasteiger partial charge in [-0.15, -0.1) is 12.4 Å². The molecule has 0 radical (unpaired) electrons. The molecule has 104 valence electrons. The molecule has 5 heteroatoms. The minimum absolute atomic E-state index is 0. The van der Waals surface area contributed by atoms with E-state index in [1.807, 2.05) is 0 Å². The van der Waals surface area contributed by atoms with Crippen molar-refractivity contribution in [3.63, 3.8) is 0 Å². The van der Waals surface area contributed by atoms with E-state index >= 15 is 0 Å². The second-order valence-electron chi connectivity index (χ2n) is 4.87. The Balaban J connectivity index is 0.00000289. The first-order chi connectivity index (χ1) is 7.89. The molecular formula is C13H21Cl2FN2. The molecule has 1 aromatic rings. The highest BCUT2D eigenvalue weighted by molar-refractivity contribution is 6.31. The first kappa shape index (κ1) is 17.6. The Bertz CT molecular complexity index is 385. The van der Waals surface area contributed by atoms with E-state index in [1.54, 1.807) is 6.07 Å². The summed E-state index contributed by atoms with van der Waals surface area (Å²) >= 11 is 5.97. The zero-order valence-electron chi connectivity index (χ0n) is 11.0. The lowest BCUT2D eigenvalue weighted by molar-refractivity contribution is 0.267. The standard InChI is InChI=1S/C13H20ClFN2.ClH/c1-9(2)13(3,8-16)17-7-10-4-5-11(15)6-12(10)14;/h4-6,9,17H,7-8,16H2,1-3H3;1H. The molecule has 1 rings (SSSR count). The van der Waals surface area contributed by atoms with E-state index in [2.05, 4.69) is 26.1 Å². The summed E-state index contributed by atoms with van der Waals surface area (Å²) in [5.41, 5.74) is 6.52. The molecule has 0 bridgehead atoms. The maximum atomic E-state index is 12.9. The fourth-order valence-electron chi connectivity index (χ4n) is 1.47. The van der Waals surface area contributed by atoms with Gasteiger partial charge in [-0.3, -0.25) is 0 Å². The Kier molecular flexibility index (Phi) is 7.15.